The highest BCUT2D eigenvalue weighted by Gasteiger charge is 2.60. The molecule has 0 saturated heterocycles. The molecule has 0 amide bonds. The van der Waals surface area contributed by atoms with Crippen LogP contribution in [-0.2, 0) is 17.6 Å². The number of ether oxygens (including phenoxy) is 1. The van der Waals surface area contributed by atoms with E-state index >= 15 is 0 Å². The number of aromatic nitrogens is 2. The Balaban J connectivity index is 1.41. The van der Waals surface area contributed by atoms with Crippen LogP contribution >= 0.6 is 0 Å². The third kappa shape index (κ3) is 2.30. The zero-order chi connectivity index (χ0) is 17.9. The van der Waals surface area contributed by atoms with E-state index in [2.05, 4.69) is 31.1 Å². The van der Waals surface area contributed by atoms with Crippen molar-refractivity contribution in [3.8, 4) is 0 Å². The first-order valence-electron chi connectivity index (χ1n) is 11.0. The number of rotatable bonds is 3. The van der Waals surface area contributed by atoms with Gasteiger partial charge in [0.15, 0.2) is 0 Å². The molecule has 0 radical (unpaired) electrons. The fourth-order valence-electron chi connectivity index (χ4n) is 7.74. The summed E-state index contributed by atoms with van der Waals surface area (Å²) in [7, 11) is 0. The molecule has 26 heavy (non-hydrogen) atoms. The second-order valence-electron chi connectivity index (χ2n) is 10.2. The highest BCUT2D eigenvalue weighted by atomic mass is 16.6. The van der Waals surface area contributed by atoms with Crippen molar-refractivity contribution in [3.63, 3.8) is 0 Å². The minimum Gasteiger partial charge on any atom is -0.378 e. The van der Waals surface area contributed by atoms with Crippen LogP contribution in [0.25, 0.3) is 0 Å². The average Bonchev–Trinajstić information content (AvgIpc) is 3.20. The molecular formula is C22H34N2O2. The largest absolute Gasteiger partial charge is 0.378 e. The SMILES string of the molecule is CCCOC1CCC2C3CCC4Cc5nonc5CC4(C)C3CCC12C. The zero-order valence-corrected chi connectivity index (χ0v) is 16.7. The van der Waals surface area contributed by atoms with E-state index in [0.29, 0.717) is 16.9 Å². The standard InChI is InChI=1S/C22H34N2O2/c1-4-11-25-20-8-7-16-15-6-5-14-12-18-19(24-26-23-18)13-22(14,3)17(15)9-10-21(16,20)2/h14-17,20H,4-13H2,1-3H3. The van der Waals surface area contributed by atoms with Crippen molar-refractivity contribution in [3.05, 3.63) is 11.4 Å². The number of hydrogen-bond acceptors (Lipinski definition) is 4. The van der Waals surface area contributed by atoms with E-state index in [4.69, 9.17) is 9.37 Å². The first kappa shape index (κ1) is 17.2. The van der Waals surface area contributed by atoms with E-state index in [-0.39, 0.29) is 0 Å². The van der Waals surface area contributed by atoms with Gasteiger partial charge in [-0.1, -0.05) is 31.1 Å². The van der Waals surface area contributed by atoms with E-state index < -0.39 is 0 Å². The molecule has 7 atom stereocenters. The summed E-state index contributed by atoms with van der Waals surface area (Å²) in [4.78, 5) is 0. The van der Waals surface area contributed by atoms with Gasteiger partial charge >= 0.3 is 0 Å². The average molecular weight is 359 g/mol. The van der Waals surface area contributed by atoms with Gasteiger partial charge in [-0.3, -0.25) is 0 Å². The summed E-state index contributed by atoms with van der Waals surface area (Å²) in [6.07, 6.45) is 11.9. The summed E-state index contributed by atoms with van der Waals surface area (Å²) >= 11 is 0. The molecule has 1 aromatic rings. The van der Waals surface area contributed by atoms with Gasteiger partial charge in [0.1, 0.15) is 11.4 Å². The van der Waals surface area contributed by atoms with Gasteiger partial charge in [-0.2, -0.15) is 0 Å². The van der Waals surface area contributed by atoms with E-state index in [1.807, 2.05) is 0 Å². The molecule has 0 aromatic carbocycles. The first-order valence-corrected chi connectivity index (χ1v) is 11.0. The Labute approximate surface area is 157 Å². The van der Waals surface area contributed by atoms with Gasteiger partial charge in [-0.25, -0.2) is 4.63 Å². The summed E-state index contributed by atoms with van der Waals surface area (Å²) < 4.78 is 11.4. The number of nitrogens with zero attached hydrogens (tertiary/aromatic N) is 2. The molecule has 144 valence electrons. The molecular weight excluding hydrogens is 324 g/mol. The van der Waals surface area contributed by atoms with Gasteiger partial charge in [0.25, 0.3) is 0 Å². The van der Waals surface area contributed by atoms with Gasteiger partial charge in [-0.05, 0) is 85.9 Å². The van der Waals surface area contributed by atoms with Crippen LogP contribution in [0.1, 0.15) is 77.1 Å². The van der Waals surface area contributed by atoms with E-state index in [1.54, 1.807) is 0 Å². The van der Waals surface area contributed by atoms with Gasteiger partial charge in [-0.15, -0.1) is 0 Å². The highest BCUT2D eigenvalue weighted by molar-refractivity contribution is 5.20. The maximum Gasteiger partial charge on any atom is 0.108 e. The summed E-state index contributed by atoms with van der Waals surface area (Å²) in [5.41, 5.74) is 3.08. The first-order chi connectivity index (χ1) is 12.6. The van der Waals surface area contributed by atoms with Crippen molar-refractivity contribution >= 4 is 0 Å². The predicted molar refractivity (Wildman–Crippen MR) is 99.6 cm³/mol. The van der Waals surface area contributed by atoms with Crippen molar-refractivity contribution in [2.75, 3.05) is 6.61 Å². The Kier molecular flexibility index (Phi) is 4.01. The maximum atomic E-state index is 6.34. The van der Waals surface area contributed by atoms with Crippen LogP contribution in [0.4, 0.5) is 0 Å². The lowest BCUT2D eigenvalue weighted by Crippen LogP contribution is -2.55. The van der Waals surface area contributed by atoms with Crippen LogP contribution in [0.2, 0.25) is 0 Å². The Morgan fingerprint density at radius 1 is 1.00 bits per heavy atom. The van der Waals surface area contributed by atoms with Crippen molar-refractivity contribution in [2.24, 2.45) is 34.5 Å². The molecule has 0 spiro atoms. The van der Waals surface area contributed by atoms with Gasteiger partial charge in [0.05, 0.1) is 6.10 Å². The molecule has 4 aliphatic rings. The molecule has 3 saturated carbocycles. The minimum absolute atomic E-state index is 0.387. The molecule has 5 rings (SSSR count). The normalized spacial score (nSPS) is 47.0. The number of fused-ring (bicyclic) bond motifs is 6. The molecule has 4 aliphatic carbocycles. The molecule has 4 nitrogen and oxygen atoms in total. The van der Waals surface area contributed by atoms with E-state index in [9.17, 15) is 0 Å². The lowest BCUT2D eigenvalue weighted by Gasteiger charge is -2.59. The van der Waals surface area contributed by atoms with E-state index in [0.717, 1.165) is 60.9 Å². The fraction of sp³-hybridized carbons (Fsp3) is 0.909. The smallest absolute Gasteiger partial charge is 0.108 e. The highest BCUT2D eigenvalue weighted by Crippen LogP contribution is 2.65. The molecule has 3 fully saturated rings. The molecule has 0 bridgehead atoms. The van der Waals surface area contributed by atoms with Gasteiger partial charge in [0, 0.05) is 13.0 Å². The summed E-state index contributed by atoms with van der Waals surface area (Å²) in [6, 6.07) is 0. The van der Waals surface area contributed by atoms with Crippen LogP contribution in [0.5, 0.6) is 0 Å². The molecule has 7 unspecified atom stereocenters. The lowest BCUT2D eigenvalue weighted by atomic mass is 9.45. The Morgan fingerprint density at radius 2 is 1.81 bits per heavy atom. The quantitative estimate of drug-likeness (QED) is 0.777. The summed E-state index contributed by atoms with van der Waals surface area (Å²) in [5.74, 6) is 3.35. The summed E-state index contributed by atoms with van der Waals surface area (Å²) in [5, 5.41) is 8.43. The second kappa shape index (κ2) is 6.05. The van der Waals surface area contributed by atoms with Gasteiger partial charge < -0.3 is 4.74 Å². The Bertz CT molecular complexity index is 673. The molecule has 4 heteroatoms. The van der Waals surface area contributed by atoms with Crippen LogP contribution in [0.3, 0.4) is 0 Å². The van der Waals surface area contributed by atoms with Gasteiger partial charge in [0.2, 0.25) is 0 Å². The van der Waals surface area contributed by atoms with Crippen LogP contribution in [0, 0.1) is 34.5 Å². The van der Waals surface area contributed by atoms with Crippen molar-refractivity contribution in [2.45, 2.75) is 84.7 Å². The minimum atomic E-state index is 0.387. The van der Waals surface area contributed by atoms with Crippen LogP contribution in [0.15, 0.2) is 4.63 Å². The van der Waals surface area contributed by atoms with E-state index in [1.165, 1.54) is 38.5 Å². The predicted octanol–water partition coefficient (Wildman–Crippen LogP) is 4.82. The maximum absolute atomic E-state index is 6.34. The third-order valence-corrected chi connectivity index (χ3v) is 9.12. The number of hydrogen-bond donors (Lipinski definition) is 0. The second-order valence-corrected chi connectivity index (χ2v) is 10.2. The fourth-order valence-corrected chi connectivity index (χ4v) is 7.74. The third-order valence-electron chi connectivity index (χ3n) is 9.12. The zero-order valence-electron chi connectivity index (χ0n) is 16.7. The Morgan fingerprint density at radius 3 is 2.65 bits per heavy atom. The molecule has 0 aliphatic heterocycles. The van der Waals surface area contributed by atoms with Crippen LogP contribution < -0.4 is 0 Å². The monoisotopic (exact) mass is 358 g/mol. The van der Waals surface area contributed by atoms with Crippen molar-refractivity contribution in [1.29, 1.82) is 0 Å². The molecule has 1 heterocycles. The van der Waals surface area contributed by atoms with Crippen molar-refractivity contribution < 1.29 is 9.37 Å². The van der Waals surface area contributed by atoms with Crippen LogP contribution in [-0.4, -0.2) is 23.0 Å². The molecule has 1 aromatic heterocycles. The van der Waals surface area contributed by atoms with Crippen molar-refractivity contribution in [1.82, 2.24) is 10.3 Å². The molecule has 0 N–H and O–H groups in total. The topological polar surface area (TPSA) is 48.2 Å². The Hall–Kier alpha value is -0.900. The lowest BCUT2D eigenvalue weighted by molar-refractivity contribution is -0.123. The summed E-state index contributed by atoms with van der Waals surface area (Å²) in [6.45, 7) is 8.28.